The average molecular weight is 1010 g/mol. The molecule has 0 fully saturated rings. The van der Waals surface area contributed by atoms with Crippen LogP contribution in [0.2, 0.25) is 0 Å². The van der Waals surface area contributed by atoms with E-state index in [1.807, 2.05) is 20.8 Å². The molecule has 404 valence electrons. The molecule has 0 spiro atoms. The molecule has 0 aromatic carbocycles. The molecule has 0 aliphatic heterocycles. The summed E-state index contributed by atoms with van der Waals surface area (Å²) in [5.41, 5.74) is 0. The Balaban J connectivity index is -0.00000115. The third-order valence-corrected chi connectivity index (χ3v) is 9.83. The number of ether oxygens (including phenoxy) is 11. The number of esters is 2. The van der Waals surface area contributed by atoms with Crippen molar-refractivity contribution in [2.75, 3.05) is 114 Å². The van der Waals surface area contributed by atoms with Crippen molar-refractivity contribution in [2.45, 2.75) is 129 Å². The maximum absolute atomic E-state index is 11.9. The minimum Gasteiger partial charge on any atom is -0.481 e. The molecular formula is C43H84N2O22S. The van der Waals surface area contributed by atoms with Crippen LogP contribution in [0.3, 0.4) is 0 Å². The third-order valence-electron chi connectivity index (χ3n) is 8.78. The Morgan fingerprint density at radius 2 is 0.956 bits per heavy atom. The van der Waals surface area contributed by atoms with E-state index in [1.165, 1.54) is 21.3 Å². The zero-order valence-electron chi connectivity index (χ0n) is 41.0. The van der Waals surface area contributed by atoms with Crippen molar-refractivity contribution in [3.63, 3.8) is 0 Å². The quantitative estimate of drug-likeness (QED) is 0.0252. The maximum Gasteiger partial charge on any atom is 0.305 e. The van der Waals surface area contributed by atoms with Crippen LogP contribution in [0.15, 0.2) is 12.0 Å². The van der Waals surface area contributed by atoms with Gasteiger partial charge in [0.1, 0.15) is 13.2 Å². The summed E-state index contributed by atoms with van der Waals surface area (Å²) in [5.74, 6) is -2.04. The summed E-state index contributed by atoms with van der Waals surface area (Å²) >= 11 is 0. The average Bonchev–Trinajstić information content (AvgIpc) is 3.33. The van der Waals surface area contributed by atoms with Gasteiger partial charge in [-0.25, -0.2) is 13.1 Å². The molecule has 0 aliphatic carbocycles. The number of aliphatic carboxylic acids is 1. The largest absolute Gasteiger partial charge is 0.481 e. The molecule has 25 heteroatoms. The topological polar surface area (TPSA) is 329 Å². The Morgan fingerprint density at radius 1 is 0.559 bits per heavy atom. The van der Waals surface area contributed by atoms with Crippen molar-refractivity contribution >= 4 is 33.8 Å². The number of amides is 1. The number of aliphatic hydroxyl groups excluding tert-OH is 4. The van der Waals surface area contributed by atoms with Gasteiger partial charge in [0.05, 0.1) is 71.2 Å². The highest BCUT2D eigenvalue weighted by atomic mass is 32.2. The van der Waals surface area contributed by atoms with E-state index in [0.717, 1.165) is 5.41 Å². The van der Waals surface area contributed by atoms with Crippen LogP contribution in [0.5, 0.6) is 0 Å². The van der Waals surface area contributed by atoms with E-state index in [-0.39, 0.29) is 103 Å². The van der Waals surface area contributed by atoms with Crippen molar-refractivity contribution in [2.24, 2.45) is 0 Å². The van der Waals surface area contributed by atoms with E-state index in [9.17, 15) is 27.6 Å². The molecule has 7 N–H and O–H groups in total. The first kappa shape index (κ1) is 69.3. The van der Waals surface area contributed by atoms with Gasteiger partial charge in [0.15, 0.2) is 18.9 Å². The van der Waals surface area contributed by atoms with Gasteiger partial charge >= 0.3 is 17.9 Å². The van der Waals surface area contributed by atoms with Gasteiger partial charge in [0, 0.05) is 78.7 Å². The summed E-state index contributed by atoms with van der Waals surface area (Å²) < 4.78 is 81.5. The number of carbonyl (C=O) groups excluding carboxylic acids is 3. The number of carbonyl (C=O) groups is 4. The molecule has 0 radical (unpaired) electrons. The number of carboxylic acids is 1. The fourth-order valence-corrected chi connectivity index (χ4v) is 5.22. The van der Waals surface area contributed by atoms with E-state index >= 15 is 0 Å². The number of nitrogens with one attached hydrogen (secondary N) is 2. The van der Waals surface area contributed by atoms with Gasteiger partial charge in [-0.05, 0) is 44.9 Å². The van der Waals surface area contributed by atoms with Gasteiger partial charge < -0.3 is 83.0 Å². The van der Waals surface area contributed by atoms with Gasteiger partial charge in [0.25, 0.3) is 0 Å². The molecule has 68 heavy (non-hydrogen) atoms. The Hall–Kier alpha value is -2.99. The highest BCUT2D eigenvalue weighted by Gasteiger charge is 2.18. The van der Waals surface area contributed by atoms with E-state index in [0.29, 0.717) is 84.7 Å². The fraction of sp³-hybridized carbons (Fsp3) is 0.860. The lowest BCUT2D eigenvalue weighted by atomic mass is 10.2. The highest BCUT2D eigenvalue weighted by Crippen LogP contribution is 2.08. The second-order valence-corrected chi connectivity index (χ2v) is 15.9. The van der Waals surface area contributed by atoms with Gasteiger partial charge in [-0.3, -0.25) is 19.2 Å². The monoisotopic (exact) mass is 1010 g/mol. The lowest BCUT2D eigenvalue weighted by Crippen LogP contribution is -2.30. The SMILES string of the molecule is C=CS(=O)(=O)NCCCOCCOCCOCCCNC(=O)CCCC(=O)OCC(OC)OC(CC)CO.CCC(CO)OC(CO)OC.CCC(CO)OC(COC(=O)CCCC(=O)O)OC. The molecule has 0 saturated carbocycles. The standard InChI is InChI=1S/C24H46N2O11S.C12H22O7.C7H16O4/c1-4-21(19-27)37-24(32-3)20-36-23(29)10-6-9-22(28)25-11-7-13-33-15-17-35-18-16-34-14-8-12-26-38(30,31)5-2;1-3-9(7-13)19-12(17-2)8-18-11(16)6-4-5-10(14)15;1-3-6(4-8)11-7(5-9)10-2/h5,21,24,26-27H,2,4,6-20H2,1,3H3,(H,25,28);9,12-13H,3-8H2,1-2H3,(H,14,15);6-9H,3-5H2,1-2H3. The van der Waals surface area contributed by atoms with Crippen LogP contribution in [-0.2, 0) is 81.3 Å². The molecule has 0 aromatic rings. The first-order valence-electron chi connectivity index (χ1n) is 22.7. The van der Waals surface area contributed by atoms with Crippen molar-refractivity contribution < 1.29 is 105 Å². The molecule has 1 amide bonds. The molecule has 0 aliphatic rings. The second-order valence-electron chi connectivity index (χ2n) is 14.2. The zero-order chi connectivity index (χ0) is 51.9. The summed E-state index contributed by atoms with van der Waals surface area (Å²) in [6.07, 6.45) is 0.918. The smallest absolute Gasteiger partial charge is 0.305 e. The molecular weight excluding hydrogens is 929 g/mol. The first-order valence-corrected chi connectivity index (χ1v) is 24.3. The molecule has 6 unspecified atom stereocenters. The Bertz CT molecular complexity index is 1310. The summed E-state index contributed by atoms with van der Waals surface area (Å²) in [5, 5.41) is 47.5. The summed E-state index contributed by atoms with van der Waals surface area (Å²) in [6, 6.07) is 0. The van der Waals surface area contributed by atoms with Crippen LogP contribution in [0, 0.1) is 0 Å². The molecule has 0 heterocycles. The van der Waals surface area contributed by atoms with Crippen LogP contribution < -0.4 is 10.0 Å². The zero-order valence-corrected chi connectivity index (χ0v) is 41.8. The predicted molar refractivity (Wildman–Crippen MR) is 245 cm³/mol. The third kappa shape index (κ3) is 45.5. The lowest BCUT2D eigenvalue weighted by molar-refractivity contribution is -0.194. The molecule has 0 saturated heterocycles. The van der Waals surface area contributed by atoms with Gasteiger partial charge in [-0.1, -0.05) is 27.4 Å². The predicted octanol–water partition coefficient (Wildman–Crippen LogP) is 0.752. The number of methoxy groups -OCH3 is 3. The van der Waals surface area contributed by atoms with Crippen LogP contribution in [0.1, 0.15) is 91.4 Å². The normalized spacial score (nSPS) is 13.9. The van der Waals surface area contributed by atoms with Crippen LogP contribution >= 0.6 is 0 Å². The number of carboxylic acid groups (broad SMARTS) is 1. The Morgan fingerprint density at radius 3 is 1.32 bits per heavy atom. The fourth-order valence-electron chi connectivity index (χ4n) is 4.67. The highest BCUT2D eigenvalue weighted by molar-refractivity contribution is 7.92. The number of rotatable bonds is 44. The molecule has 0 rings (SSSR count). The minimum atomic E-state index is -3.38. The van der Waals surface area contributed by atoms with Crippen molar-refractivity contribution in [3.05, 3.63) is 12.0 Å². The summed E-state index contributed by atoms with van der Waals surface area (Å²) in [7, 11) is 0.903. The van der Waals surface area contributed by atoms with Crippen molar-refractivity contribution in [3.8, 4) is 0 Å². The van der Waals surface area contributed by atoms with Gasteiger partial charge in [-0.15, -0.1) is 0 Å². The summed E-state index contributed by atoms with van der Waals surface area (Å²) in [6.45, 7) is 11.5. The van der Waals surface area contributed by atoms with E-state index in [2.05, 4.69) is 16.6 Å². The molecule has 0 aromatic heterocycles. The second kappa shape index (κ2) is 49.0. The molecule has 0 bridgehead atoms. The molecule has 24 nitrogen and oxygen atoms in total. The number of sulfonamides is 1. The first-order chi connectivity index (χ1) is 32.6. The Kier molecular flexibility index (Phi) is 49.9. The van der Waals surface area contributed by atoms with E-state index in [4.69, 9.17) is 77.6 Å². The van der Waals surface area contributed by atoms with E-state index in [1.54, 1.807) is 0 Å². The number of hydrogen-bond acceptors (Lipinski definition) is 21. The van der Waals surface area contributed by atoms with Crippen molar-refractivity contribution in [1.82, 2.24) is 10.0 Å². The van der Waals surface area contributed by atoms with Gasteiger partial charge in [0.2, 0.25) is 15.9 Å². The minimum absolute atomic E-state index is 0.0416. The summed E-state index contributed by atoms with van der Waals surface area (Å²) in [4.78, 5) is 45.3. The maximum atomic E-state index is 11.9. The Labute approximate surface area is 402 Å². The lowest BCUT2D eigenvalue weighted by Gasteiger charge is -2.21. The van der Waals surface area contributed by atoms with Crippen LogP contribution in [-0.4, -0.2) is 209 Å². The number of hydrogen-bond donors (Lipinski definition) is 7. The van der Waals surface area contributed by atoms with Crippen LogP contribution in [0.4, 0.5) is 0 Å². The molecule has 6 atom stereocenters. The van der Waals surface area contributed by atoms with Gasteiger partial charge in [-0.2, -0.15) is 0 Å². The van der Waals surface area contributed by atoms with Crippen molar-refractivity contribution in [1.29, 1.82) is 0 Å². The van der Waals surface area contributed by atoms with Crippen LogP contribution in [0.25, 0.3) is 0 Å². The number of aliphatic hydroxyl groups is 4. The van der Waals surface area contributed by atoms with E-state index < -0.39 is 46.8 Å².